The van der Waals surface area contributed by atoms with Gasteiger partial charge >= 0.3 is 7.69 Å². The van der Waals surface area contributed by atoms with Gasteiger partial charge in [-0.3, -0.25) is 9.97 Å². The van der Waals surface area contributed by atoms with Crippen LogP contribution in [0.5, 0.6) is 5.75 Å². The van der Waals surface area contributed by atoms with E-state index in [1.165, 1.54) is 5.39 Å². The fourth-order valence-electron chi connectivity index (χ4n) is 3.67. The number of fused-ring (bicyclic) bond motifs is 2. The van der Waals surface area contributed by atoms with E-state index in [0.717, 1.165) is 37.7 Å². The van der Waals surface area contributed by atoms with Crippen LogP contribution in [0.4, 0.5) is 11.4 Å². The molecule has 6 aromatic rings. The number of aromatic nitrogens is 2. The number of pyridine rings is 2. The summed E-state index contributed by atoms with van der Waals surface area (Å²) in [6.45, 7) is 0. The molecule has 187 valence electrons. The Morgan fingerprint density at radius 3 is 1.89 bits per heavy atom. The average molecular weight is 564 g/mol. The Morgan fingerprint density at radius 2 is 1.24 bits per heavy atom. The highest BCUT2D eigenvalue weighted by atomic mass is 79.9. The Labute approximate surface area is 230 Å². The third kappa shape index (κ3) is 7.55. The molecule has 0 bridgehead atoms. The van der Waals surface area contributed by atoms with Crippen molar-refractivity contribution in [2.45, 2.75) is 0 Å². The summed E-state index contributed by atoms with van der Waals surface area (Å²) >= 11 is 3.40. The number of benzene rings is 4. The van der Waals surface area contributed by atoms with E-state index in [1.807, 2.05) is 60.8 Å². The lowest BCUT2D eigenvalue weighted by Gasteiger charge is -2.04. The van der Waals surface area contributed by atoms with Crippen LogP contribution in [-0.4, -0.2) is 22.7 Å². The van der Waals surface area contributed by atoms with Crippen LogP contribution in [0.3, 0.4) is 0 Å². The minimum absolute atomic E-state index is 0.530. The topological polar surface area (TPSA) is 107 Å². The summed E-state index contributed by atoms with van der Waals surface area (Å²) in [6, 6.07) is 35.0. The molecule has 8 heteroatoms. The third-order valence-corrected chi connectivity index (χ3v) is 5.93. The maximum atomic E-state index is 8.22. The van der Waals surface area contributed by atoms with Gasteiger partial charge in [0.25, 0.3) is 0 Å². The van der Waals surface area contributed by atoms with Crippen LogP contribution < -0.4 is 16.1 Å². The number of hydrogen-bond donors (Lipinski definition) is 3. The number of rotatable bonds is 3. The Hall–Kier alpha value is -4.40. The third-order valence-electron chi connectivity index (χ3n) is 5.43. The number of nitrogens with zero attached hydrogens (tertiary/aromatic N) is 2. The SMILES string of the molecule is Brc1ccc2ncccc2c1.Nc1cccc(-c2ccc3ncccc3c2)c1.Nc1cccc(O[B]O)c1. The number of anilines is 2. The molecule has 0 spiro atoms. The Kier molecular flexibility index (Phi) is 9.29. The molecule has 5 N–H and O–H groups in total. The van der Waals surface area contributed by atoms with E-state index < -0.39 is 0 Å². The molecule has 38 heavy (non-hydrogen) atoms. The normalized spacial score (nSPS) is 10.1. The van der Waals surface area contributed by atoms with Gasteiger partial charge in [-0.15, -0.1) is 0 Å². The first-order chi connectivity index (χ1) is 18.5. The van der Waals surface area contributed by atoms with Crippen molar-refractivity contribution in [1.29, 1.82) is 0 Å². The van der Waals surface area contributed by atoms with E-state index in [9.17, 15) is 0 Å². The first kappa shape index (κ1) is 26.7. The van der Waals surface area contributed by atoms with Crippen LogP contribution >= 0.6 is 15.9 Å². The Morgan fingerprint density at radius 1 is 0.632 bits per heavy atom. The summed E-state index contributed by atoms with van der Waals surface area (Å²) in [7, 11) is 0.620. The number of nitrogens with two attached hydrogens (primary N) is 2. The summed E-state index contributed by atoms with van der Waals surface area (Å²) in [5.74, 6) is 0.530. The molecule has 0 aliphatic heterocycles. The molecule has 2 heterocycles. The summed E-state index contributed by atoms with van der Waals surface area (Å²) < 4.78 is 5.73. The summed E-state index contributed by atoms with van der Waals surface area (Å²) in [6.07, 6.45) is 3.61. The molecular weight excluding hydrogens is 539 g/mol. The van der Waals surface area contributed by atoms with Crippen LogP contribution in [0, 0.1) is 0 Å². The lowest BCUT2D eigenvalue weighted by molar-refractivity contribution is 0.454. The molecule has 0 saturated heterocycles. The van der Waals surface area contributed by atoms with Gasteiger partial charge in [-0.1, -0.05) is 52.3 Å². The first-order valence-electron chi connectivity index (χ1n) is 11.7. The zero-order valence-electron chi connectivity index (χ0n) is 20.4. The smallest absolute Gasteiger partial charge is 0.537 e. The monoisotopic (exact) mass is 563 g/mol. The maximum Gasteiger partial charge on any atom is 0.569 e. The molecule has 4 aromatic carbocycles. The second kappa shape index (κ2) is 13.2. The van der Waals surface area contributed by atoms with Crippen molar-refractivity contribution in [3.63, 3.8) is 0 Å². The summed E-state index contributed by atoms with van der Waals surface area (Å²) in [5, 5.41) is 10.5. The van der Waals surface area contributed by atoms with Gasteiger partial charge in [0.1, 0.15) is 5.75 Å². The molecule has 0 aliphatic carbocycles. The van der Waals surface area contributed by atoms with Crippen LogP contribution in [0.2, 0.25) is 0 Å². The molecule has 6 nitrogen and oxygen atoms in total. The summed E-state index contributed by atoms with van der Waals surface area (Å²) in [4.78, 5) is 8.51. The van der Waals surface area contributed by atoms with Crippen LogP contribution in [-0.2, 0) is 0 Å². The zero-order chi connectivity index (χ0) is 26.7. The molecule has 0 fully saturated rings. The molecule has 0 aliphatic rings. The van der Waals surface area contributed by atoms with E-state index >= 15 is 0 Å². The predicted molar refractivity (Wildman–Crippen MR) is 160 cm³/mol. The highest BCUT2D eigenvalue weighted by molar-refractivity contribution is 9.10. The Balaban J connectivity index is 0.000000140. The molecule has 6 rings (SSSR count). The lowest BCUT2D eigenvalue weighted by Crippen LogP contribution is -1.99. The number of halogens is 1. The zero-order valence-corrected chi connectivity index (χ0v) is 22.0. The summed E-state index contributed by atoms with van der Waals surface area (Å²) in [5.41, 5.74) is 17.0. The van der Waals surface area contributed by atoms with Crippen molar-refractivity contribution in [1.82, 2.24) is 9.97 Å². The van der Waals surface area contributed by atoms with Crippen LogP contribution in [0.15, 0.2) is 126 Å². The molecule has 0 unspecified atom stereocenters. The molecule has 0 amide bonds. The van der Waals surface area contributed by atoms with Crippen molar-refractivity contribution in [3.8, 4) is 16.9 Å². The minimum Gasteiger partial charge on any atom is -0.537 e. The van der Waals surface area contributed by atoms with Crippen molar-refractivity contribution in [3.05, 3.63) is 126 Å². The van der Waals surface area contributed by atoms with Gasteiger partial charge < -0.3 is 21.1 Å². The molecule has 2 aromatic heterocycles. The number of nitrogen functional groups attached to an aromatic ring is 2. The van der Waals surface area contributed by atoms with Crippen molar-refractivity contribution in [2.24, 2.45) is 0 Å². The molecule has 1 radical (unpaired) electrons. The molecule has 0 saturated carbocycles. The van der Waals surface area contributed by atoms with E-state index in [1.54, 1.807) is 30.5 Å². The van der Waals surface area contributed by atoms with Crippen LogP contribution in [0.25, 0.3) is 32.9 Å². The fraction of sp³-hybridized carbons (Fsp3) is 0. The van der Waals surface area contributed by atoms with Crippen molar-refractivity contribution < 1.29 is 9.68 Å². The van der Waals surface area contributed by atoms with Gasteiger partial charge in [0, 0.05) is 45.1 Å². The van der Waals surface area contributed by atoms with Gasteiger partial charge in [0.2, 0.25) is 0 Å². The van der Waals surface area contributed by atoms with Gasteiger partial charge in [-0.2, -0.15) is 0 Å². The van der Waals surface area contributed by atoms with E-state index in [2.05, 4.69) is 60.9 Å². The van der Waals surface area contributed by atoms with Gasteiger partial charge in [0.05, 0.1) is 11.0 Å². The van der Waals surface area contributed by atoms with Crippen molar-refractivity contribution >= 4 is 56.8 Å². The van der Waals surface area contributed by atoms with E-state index in [4.69, 9.17) is 16.5 Å². The quantitative estimate of drug-likeness (QED) is 0.164. The van der Waals surface area contributed by atoms with Gasteiger partial charge in [0.15, 0.2) is 0 Å². The van der Waals surface area contributed by atoms with E-state index in [-0.39, 0.29) is 0 Å². The molecular formula is C30H25BBrN4O2. The average Bonchev–Trinajstić information content (AvgIpc) is 2.94. The first-order valence-corrected chi connectivity index (χ1v) is 12.5. The molecule has 0 atom stereocenters. The highest BCUT2D eigenvalue weighted by Crippen LogP contribution is 2.24. The minimum atomic E-state index is 0.530. The fourth-order valence-corrected chi connectivity index (χ4v) is 4.05. The lowest BCUT2D eigenvalue weighted by atomic mass is 10.0. The standard InChI is InChI=1S/C15H12N2.C9H6BrN.C6H7BNO2/c16-14-5-1-3-11(10-14)12-6-7-15-13(9-12)4-2-8-17-15;10-8-3-4-9-7(6-8)2-1-5-11-9;8-5-2-1-3-6(4-5)10-7-9/h1-10H,16H2;1-6H;1-4,9H,8H2. The second-order valence-electron chi connectivity index (χ2n) is 8.17. The largest absolute Gasteiger partial charge is 0.569 e. The van der Waals surface area contributed by atoms with Gasteiger partial charge in [-0.05, 0) is 77.9 Å². The van der Waals surface area contributed by atoms with Crippen molar-refractivity contribution in [2.75, 3.05) is 11.5 Å². The highest BCUT2D eigenvalue weighted by Gasteiger charge is 2.00. The Bertz CT molecular complexity index is 1650. The van der Waals surface area contributed by atoms with E-state index in [0.29, 0.717) is 19.1 Å². The second-order valence-corrected chi connectivity index (χ2v) is 9.09. The number of hydrogen-bond acceptors (Lipinski definition) is 6. The maximum absolute atomic E-state index is 8.22. The predicted octanol–water partition coefficient (Wildman–Crippen LogP) is 6.66. The van der Waals surface area contributed by atoms with Crippen LogP contribution in [0.1, 0.15) is 0 Å². The van der Waals surface area contributed by atoms with Gasteiger partial charge in [-0.25, -0.2) is 0 Å².